The second-order valence-electron chi connectivity index (χ2n) is 12.0. The van der Waals surface area contributed by atoms with Crippen molar-refractivity contribution in [2.24, 2.45) is 0 Å². The van der Waals surface area contributed by atoms with E-state index in [2.05, 4.69) is 86.2 Å². The summed E-state index contributed by atoms with van der Waals surface area (Å²) in [6.07, 6.45) is 6.84. The molecular formula is C34H39N7O. The summed E-state index contributed by atoms with van der Waals surface area (Å²) in [4.78, 5) is 19.8. The van der Waals surface area contributed by atoms with Crippen LogP contribution in [0, 0.1) is 0 Å². The van der Waals surface area contributed by atoms with Gasteiger partial charge in [-0.05, 0) is 118 Å². The number of benzene rings is 3. The number of hydrogen-bond donors (Lipinski definition) is 4. The number of H-pyrrole nitrogens is 2. The molecule has 42 heavy (non-hydrogen) atoms. The molecule has 3 saturated heterocycles. The molecular weight excluding hydrogens is 522 g/mol. The van der Waals surface area contributed by atoms with Crippen molar-refractivity contribution in [1.82, 2.24) is 30.6 Å². The van der Waals surface area contributed by atoms with Crippen LogP contribution in [0.5, 0.6) is 5.75 Å². The van der Waals surface area contributed by atoms with Crippen molar-refractivity contribution in [3.63, 3.8) is 0 Å². The number of aromatic amines is 2. The Morgan fingerprint density at radius 3 is 1.74 bits per heavy atom. The zero-order chi connectivity index (χ0) is 28.0. The minimum Gasteiger partial charge on any atom is -0.494 e. The number of hydrogen-bond acceptors (Lipinski definition) is 6. The van der Waals surface area contributed by atoms with E-state index in [1.165, 1.54) is 29.7 Å². The predicted molar refractivity (Wildman–Crippen MR) is 167 cm³/mol. The lowest BCUT2D eigenvalue weighted by molar-refractivity contribution is 0.340. The van der Waals surface area contributed by atoms with Crippen LogP contribution in [0.3, 0.4) is 0 Å². The van der Waals surface area contributed by atoms with E-state index in [9.17, 15) is 0 Å². The molecule has 5 heterocycles. The quantitative estimate of drug-likeness (QED) is 0.175. The highest BCUT2D eigenvalue weighted by atomic mass is 16.5. The van der Waals surface area contributed by atoms with Gasteiger partial charge in [-0.15, -0.1) is 0 Å². The van der Waals surface area contributed by atoms with Gasteiger partial charge in [0.1, 0.15) is 17.4 Å². The summed E-state index contributed by atoms with van der Waals surface area (Å²) >= 11 is 0. The Labute approximate surface area is 246 Å². The standard InChI is InChI=1S/C34H39N7O/c1-2-42-24-11-9-23(10-12-24)41-31(21-7-13-25-29(19-21)39-33(37-25)27-5-3-17-35-27)15-16-32(41)22-8-14-26-30(20-22)40-34(38-26)28-6-4-18-36-28/h7-14,19-20,27-28,31-32,35-36H,2-6,15-18H2,1H3,(H,37,39)(H,38,40)/t27-,28-,31+,32+/m0/s1. The number of fused-ring (bicyclic) bond motifs is 2. The molecule has 3 fully saturated rings. The van der Waals surface area contributed by atoms with Gasteiger partial charge in [0.05, 0.1) is 52.8 Å². The molecule has 8 rings (SSSR count). The molecule has 4 atom stereocenters. The smallest absolute Gasteiger partial charge is 0.124 e. The largest absolute Gasteiger partial charge is 0.494 e. The molecule has 216 valence electrons. The van der Waals surface area contributed by atoms with Crippen LogP contribution in [0.1, 0.15) is 92.4 Å². The fourth-order valence-corrected chi connectivity index (χ4v) is 7.38. The molecule has 0 radical (unpaired) electrons. The van der Waals surface area contributed by atoms with Gasteiger partial charge in [-0.3, -0.25) is 0 Å². The topological polar surface area (TPSA) is 93.9 Å². The average Bonchev–Trinajstić information content (AvgIpc) is 3.84. The van der Waals surface area contributed by atoms with Crippen LogP contribution in [0.25, 0.3) is 22.1 Å². The van der Waals surface area contributed by atoms with E-state index in [-0.39, 0.29) is 12.1 Å². The summed E-state index contributed by atoms with van der Waals surface area (Å²) in [7, 11) is 0. The first kappa shape index (κ1) is 25.8. The Hall–Kier alpha value is -3.88. The molecule has 3 aromatic carbocycles. The molecule has 8 nitrogen and oxygen atoms in total. The number of ether oxygens (including phenoxy) is 1. The van der Waals surface area contributed by atoms with E-state index in [1.54, 1.807) is 0 Å². The molecule has 0 amide bonds. The minimum atomic E-state index is 0.254. The molecule has 0 saturated carbocycles. The van der Waals surface area contributed by atoms with E-state index in [1.807, 2.05) is 6.92 Å². The molecule has 3 aliphatic rings. The van der Waals surface area contributed by atoms with Crippen LogP contribution in [-0.2, 0) is 0 Å². The molecule has 3 aliphatic heterocycles. The van der Waals surface area contributed by atoms with E-state index < -0.39 is 0 Å². The minimum absolute atomic E-state index is 0.254. The average molecular weight is 562 g/mol. The zero-order valence-corrected chi connectivity index (χ0v) is 24.2. The van der Waals surface area contributed by atoms with Gasteiger partial charge in [-0.2, -0.15) is 0 Å². The van der Waals surface area contributed by atoms with Gasteiger partial charge >= 0.3 is 0 Å². The zero-order valence-electron chi connectivity index (χ0n) is 24.2. The number of aromatic nitrogens is 4. The van der Waals surface area contributed by atoms with Crippen LogP contribution in [0.15, 0.2) is 60.7 Å². The van der Waals surface area contributed by atoms with Crippen molar-refractivity contribution < 1.29 is 4.74 Å². The first-order valence-electron chi connectivity index (χ1n) is 15.7. The molecule has 8 heteroatoms. The number of nitrogens with one attached hydrogen (secondary N) is 4. The number of rotatable bonds is 7. The van der Waals surface area contributed by atoms with E-state index in [0.717, 1.165) is 78.2 Å². The van der Waals surface area contributed by atoms with E-state index in [4.69, 9.17) is 14.7 Å². The van der Waals surface area contributed by atoms with Crippen LogP contribution in [-0.4, -0.2) is 39.6 Å². The van der Waals surface area contributed by atoms with Gasteiger partial charge < -0.3 is 30.2 Å². The van der Waals surface area contributed by atoms with Gasteiger partial charge in [0, 0.05) is 5.69 Å². The summed E-state index contributed by atoms with van der Waals surface area (Å²) in [5.41, 5.74) is 8.20. The van der Waals surface area contributed by atoms with Crippen molar-refractivity contribution in [3.05, 3.63) is 83.4 Å². The second kappa shape index (κ2) is 10.7. The summed E-state index contributed by atoms with van der Waals surface area (Å²) in [6.45, 7) is 4.83. The Morgan fingerprint density at radius 1 is 0.714 bits per heavy atom. The lowest BCUT2D eigenvalue weighted by atomic mass is 10.0. The Morgan fingerprint density at radius 2 is 1.26 bits per heavy atom. The summed E-state index contributed by atoms with van der Waals surface area (Å²) in [6, 6.07) is 23.4. The fourth-order valence-electron chi connectivity index (χ4n) is 7.38. The van der Waals surface area contributed by atoms with Gasteiger partial charge in [-0.1, -0.05) is 12.1 Å². The lowest BCUT2D eigenvalue weighted by Gasteiger charge is -2.33. The third-order valence-electron chi connectivity index (χ3n) is 9.43. The monoisotopic (exact) mass is 561 g/mol. The predicted octanol–water partition coefficient (Wildman–Crippen LogP) is 6.77. The third-order valence-corrected chi connectivity index (χ3v) is 9.43. The van der Waals surface area contributed by atoms with Crippen molar-refractivity contribution >= 4 is 27.8 Å². The van der Waals surface area contributed by atoms with Crippen molar-refractivity contribution in [2.45, 2.75) is 69.6 Å². The maximum absolute atomic E-state index is 5.78. The molecule has 0 unspecified atom stereocenters. The molecule has 2 aromatic heterocycles. The molecule has 0 spiro atoms. The highest BCUT2D eigenvalue weighted by Crippen LogP contribution is 2.48. The molecule has 5 aromatic rings. The van der Waals surface area contributed by atoms with E-state index >= 15 is 0 Å². The summed E-state index contributed by atoms with van der Waals surface area (Å²) in [5, 5.41) is 7.15. The normalized spacial score (nSPS) is 24.4. The lowest BCUT2D eigenvalue weighted by Crippen LogP contribution is -2.26. The molecule has 0 aliphatic carbocycles. The first-order chi connectivity index (χ1) is 20.7. The summed E-state index contributed by atoms with van der Waals surface area (Å²) < 4.78 is 5.78. The van der Waals surface area contributed by atoms with Crippen molar-refractivity contribution in [3.8, 4) is 5.75 Å². The Bertz CT molecular complexity index is 1590. The van der Waals surface area contributed by atoms with Crippen molar-refractivity contribution in [2.75, 3.05) is 24.6 Å². The fraction of sp³-hybridized carbons (Fsp3) is 0.412. The maximum Gasteiger partial charge on any atom is 0.124 e. The molecule has 0 bridgehead atoms. The van der Waals surface area contributed by atoms with Gasteiger partial charge in [0.15, 0.2) is 0 Å². The van der Waals surface area contributed by atoms with Crippen LogP contribution >= 0.6 is 0 Å². The van der Waals surface area contributed by atoms with E-state index in [0.29, 0.717) is 18.7 Å². The third kappa shape index (κ3) is 4.63. The maximum atomic E-state index is 5.78. The molecule has 4 N–H and O–H groups in total. The van der Waals surface area contributed by atoms with Crippen LogP contribution in [0.4, 0.5) is 5.69 Å². The SMILES string of the molecule is CCOc1ccc(N2[C@@H](c3ccc4nc([C@@H]5CCCN5)[nH]c4c3)CC[C@@H]2c2ccc3nc([C@@H]4CCCN4)[nH]c3c2)cc1. The number of imidazole rings is 2. The van der Waals surface area contributed by atoms with Crippen LogP contribution in [0.2, 0.25) is 0 Å². The highest BCUT2D eigenvalue weighted by Gasteiger charge is 2.36. The Kier molecular flexibility index (Phi) is 6.60. The Balaban J connectivity index is 1.15. The van der Waals surface area contributed by atoms with Gasteiger partial charge in [0.2, 0.25) is 0 Å². The summed E-state index contributed by atoms with van der Waals surface area (Å²) in [5.74, 6) is 3.03. The second-order valence-corrected chi connectivity index (χ2v) is 12.0. The number of anilines is 1. The van der Waals surface area contributed by atoms with Gasteiger partial charge in [-0.25, -0.2) is 9.97 Å². The number of nitrogens with zero attached hydrogens (tertiary/aromatic N) is 3. The van der Waals surface area contributed by atoms with Crippen LogP contribution < -0.4 is 20.3 Å². The first-order valence-corrected chi connectivity index (χ1v) is 15.7. The van der Waals surface area contributed by atoms with Crippen molar-refractivity contribution in [1.29, 1.82) is 0 Å². The highest BCUT2D eigenvalue weighted by molar-refractivity contribution is 5.78. The van der Waals surface area contributed by atoms with Gasteiger partial charge in [0.25, 0.3) is 0 Å².